The molecule has 2 heterocycles. The van der Waals surface area contributed by atoms with Crippen LogP contribution >= 0.6 is 39.3 Å². The zero-order valence-corrected chi connectivity index (χ0v) is 14.7. The van der Waals surface area contributed by atoms with E-state index in [1.807, 2.05) is 12.3 Å². The molecule has 21 heavy (non-hydrogen) atoms. The molecule has 0 atom stereocenters. The number of carbonyl (C=O) groups excluding carboxylic acids is 1. The van der Waals surface area contributed by atoms with Crippen molar-refractivity contribution < 1.29 is 4.79 Å². The van der Waals surface area contributed by atoms with E-state index in [4.69, 9.17) is 11.6 Å². The Morgan fingerprint density at radius 3 is 2.95 bits per heavy atom. The molecule has 0 spiro atoms. The number of amides is 1. The van der Waals surface area contributed by atoms with Crippen molar-refractivity contribution in [1.29, 1.82) is 0 Å². The van der Waals surface area contributed by atoms with E-state index in [-0.39, 0.29) is 11.1 Å². The van der Waals surface area contributed by atoms with E-state index in [1.54, 1.807) is 42.1 Å². The summed E-state index contributed by atoms with van der Waals surface area (Å²) in [7, 11) is 1.70. The molecule has 8 heteroatoms. The van der Waals surface area contributed by atoms with Gasteiger partial charge in [0.2, 0.25) is 5.91 Å². The summed E-state index contributed by atoms with van der Waals surface area (Å²) in [6.45, 7) is 0. The lowest BCUT2D eigenvalue weighted by atomic mass is 10.4. The molecule has 0 aliphatic heterocycles. The second-order valence-corrected chi connectivity index (χ2v) is 6.57. The van der Waals surface area contributed by atoms with Gasteiger partial charge in [-0.3, -0.25) is 9.78 Å². The minimum Gasteiger partial charge on any atom is -0.311 e. The molecular formula is C13H14BrClN4OS. The molecule has 0 aliphatic rings. The summed E-state index contributed by atoms with van der Waals surface area (Å²) < 4.78 is 2.45. The molecule has 5 nitrogen and oxygen atoms in total. The Morgan fingerprint density at radius 2 is 2.29 bits per heavy atom. The summed E-state index contributed by atoms with van der Waals surface area (Å²) in [5, 5.41) is 4.51. The molecule has 2 aromatic rings. The normalized spacial score (nSPS) is 10.7. The lowest BCUT2D eigenvalue weighted by molar-refractivity contribution is -0.117. The molecule has 0 unspecified atom stereocenters. The average Bonchev–Trinajstić information content (AvgIpc) is 2.86. The van der Waals surface area contributed by atoms with Crippen LogP contribution in [0.5, 0.6) is 0 Å². The SMILES string of the molecule is CSCCC(=O)N(C)c1cn(-c2cncc(Br)c2)nc1Cl. The predicted molar refractivity (Wildman–Crippen MR) is 90.5 cm³/mol. The van der Waals surface area contributed by atoms with Gasteiger partial charge in [0.05, 0.1) is 18.1 Å². The third-order valence-electron chi connectivity index (χ3n) is 2.86. The molecule has 1 amide bonds. The van der Waals surface area contributed by atoms with Crippen molar-refractivity contribution in [2.24, 2.45) is 0 Å². The van der Waals surface area contributed by atoms with Gasteiger partial charge in [-0.15, -0.1) is 0 Å². The number of carbonyl (C=O) groups is 1. The van der Waals surface area contributed by atoms with Gasteiger partial charge in [0.25, 0.3) is 0 Å². The van der Waals surface area contributed by atoms with Crippen molar-refractivity contribution in [3.05, 3.63) is 34.3 Å². The van der Waals surface area contributed by atoms with Crippen molar-refractivity contribution in [3.8, 4) is 5.69 Å². The van der Waals surface area contributed by atoms with Crippen LogP contribution in [-0.2, 0) is 4.79 Å². The maximum Gasteiger partial charge on any atom is 0.227 e. The number of pyridine rings is 1. The smallest absolute Gasteiger partial charge is 0.227 e. The van der Waals surface area contributed by atoms with Crippen LogP contribution in [-0.4, -0.2) is 39.7 Å². The van der Waals surface area contributed by atoms with Gasteiger partial charge in [-0.25, -0.2) is 4.68 Å². The molecule has 112 valence electrons. The van der Waals surface area contributed by atoms with Gasteiger partial charge in [-0.2, -0.15) is 16.9 Å². The van der Waals surface area contributed by atoms with Crippen molar-refractivity contribution in [1.82, 2.24) is 14.8 Å². The molecule has 0 aromatic carbocycles. The average molecular weight is 390 g/mol. The summed E-state index contributed by atoms with van der Waals surface area (Å²) in [6.07, 6.45) is 7.53. The van der Waals surface area contributed by atoms with Gasteiger partial charge in [-0.05, 0) is 28.3 Å². The van der Waals surface area contributed by atoms with Crippen molar-refractivity contribution in [2.75, 3.05) is 24.0 Å². The summed E-state index contributed by atoms with van der Waals surface area (Å²) >= 11 is 11.1. The fourth-order valence-electron chi connectivity index (χ4n) is 1.72. The first-order chi connectivity index (χ1) is 10.0. The predicted octanol–water partition coefficient (Wildman–Crippen LogP) is 3.40. The number of anilines is 1. The highest BCUT2D eigenvalue weighted by molar-refractivity contribution is 9.10. The lowest BCUT2D eigenvalue weighted by Crippen LogP contribution is -2.26. The Balaban J connectivity index is 2.25. The van der Waals surface area contributed by atoms with E-state index in [1.165, 1.54) is 4.90 Å². The number of thioether (sulfide) groups is 1. The van der Waals surface area contributed by atoms with Crippen LogP contribution in [0, 0.1) is 0 Å². The molecule has 0 saturated heterocycles. The van der Waals surface area contributed by atoms with Crippen LogP contribution in [0.15, 0.2) is 29.1 Å². The van der Waals surface area contributed by atoms with Gasteiger partial charge in [-0.1, -0.05) is 11.6 Å². The largest absolute Gasteiger partial charge is 0.311 e. The van der Waals surface area contributed by atoms with E-state index in [0.717, 1.165) is 15.9 Å². The molecular weight excluding hydrogens is 376 g/mol. The van der Waals surface area contributed by atoms with Crippen molar-refractivity contribution in [2.45, 2.75) is 6.42 Å². The van der Waals surface area contributed by atoms with Crippen LogP contribution < -0.4 is 4.90 Å². The number of hydrogen-bond acceptors (Lipinski definition) is 4. The Kier molecular flexibility index (Phi) is 5.66. The fraction of sp³-hybridized carbons (Fsp3) is 0.308. The lowest BCUT2D eigenvalue weighted by Gasteiger charge is -2.14. The molecule has 0 N–H and O–H groups in total. The number of aromatic nitrogens is 3. The number of halogens is 2. The van der Waals surface area contributed by atoms with E-state index in [0.29, 0.717) is 12.1 Å². The van der Waals surface area contributed by atoms with E-state index >= 15 is 0 Å². The highest BCUT2D eigenvalue weighted by Gasteiger charge is 2.17. The minimum absolute atomic E-state index is 0.0122. The third-order valence-corrected chi connectivity index (χ3v) is 4.18. The molecule has 0 fully saturated rings. The second-order valence-electron chi connectivity index (χ2n) is 4.31. The van der Waals surface area contributed by atoms with Crippen LogP contribution in [0.4, 0.5) is 5.69 Å². The van der Waals surface area contributed by atoms with Gasteiger partial charge >= 0.3 is 0 Å². The van der Waals surface area contributed by atoms with Crippen LogP contribution in [0.25, 0.3) is 5.69 Å². The Labute approximate surface area is 140 Å². The highest BCUT2D eigenvalue weighted by atomic mass is 79.9. The maximum atomic E-state index is 12.1. The topological polar surface area (TPSA) is 51.0 Å². The summed E-state index contributed by atoms with van der Waals surface area (Å²) in [5.41, 5.74) is 1.35. The van der Waals surface area contributed by atoms with E-state index in [9.17, 15) is 4.79 Å². The summed E-state index contributed by atoms with van der Waals surface area (Å²) in [4.78, 5) is 17.7. The summed E-state index contributed by atoms with van der Waals surface area (Å²) in [5.74, 6) is 0.794. The molecule has 0 bridgehead atoms. The standard InChI is InChI=1S/C13H14BrClN4OS/c1-18(12(20)3-4-21-2)11-8-19(17-13(11)15)10-5-9(14)6-16-7-10/h5-8H,3-4H2,1-2H3. The number of hydrogen-bond donors (Lipinski definition) is 0. The molecule has 0 saturated carbocycles. The third kappa shape index (κ3) is 3.99. The quantitative estimate of drug-likeness (QED) is 0.786. The molecule has 2 rings (SSSR count). The fourth-order valence-corrected chi connectivity index (χ4v) is 2.71. The van der Waals surface area contributed by atoms with Crippen molar-refractivity contribution in [3.63, 3.8) is 0 Å². The van der Waals surface area contributed by atoms with Gasteiger partial charge in [0, 0.05) is 29.9 Å². The molecule has 0 aliphatic carbocycles. The Hall–Kier alpha value is -1.05. The van der Waals surface area contributed by atoms with Crippen LogP contribution in [0.3, 0.4) is 0 Å². The number of rotatable bonds is 5. The zero-order valence-electron chi connectivity index (χ0n) is 11.6. The van der Waals surface area contributed by atoms with E-state index in [2.05, 4.69) is 26.0 Å². The van der Waals surface area contributed by atoms with Crippen molar-refractivity contribution >= 4 is 50.9 Å². The summed E-state index contributed by atoms with van der Waals surface area (Å²) in [6, 6.07) is 1.87. The first-order valence-corrected chi connectivity index (χ1v) is 8.71. The van der Waals surface area contributed by atoms with Gasteiger partial charge in [0.1, 0.15) is 5.69 Å². The molecule has 0 radical (unpaired) electrons. The number of nitrogens with zero attached hydrogens (tertiary/aromatic N) is 4. The maximum absolute atomic E-state index is 12.1. The monoisotopic (exact) mass is 388 g/mol. The van der Waals surface area contributed by atoms with Gasteiger partial charge in [0.15, 0.2) is 5.15 Å². The van der Waals surface area contributed by atoms with E-state index < -0.39 is 0 Å². The molecule has 2 aromatic heterocycles. The minimum atomic E-state index is 0.0122. The highest BCUT2D eigenvalue weighted by Crippen LogP contribution is 2.26. The van der Waals surface area contributed by atoms with Gasteiger partial charge < -0.3 is 4.90 Å². The first kappa shape index (κ1) is 16.3. The van der Waals surface area contributed by atoms with Crippen LogP contribution in [0.1, 0.15) is 6.42 Å². The van der Waals surface area contributed by atoms with Crippen LogP contribution in [0.2, 0.25) is 5.15 Å². The second kappa shape index (κ2) is 7.29. The Morgan fingerprint density at radius 1 is 1.52 bits per heavy atom. The Bertz CT molecular complexity index is 649. The first-order valence-electron chi connectivity index (χ1n) is 6.14. The zero-order chi connectivity index (χ0) is 15.4.